The Balaban J connectivity index is 2.87. The van der Waals surface area contributed by atoms with Crippen molar-refractivity contribution in [1.29, 1.82) is 0 Å². The molecule has 1 aromatic rings. The summed E-state index contributed by atoms with van der Waals surface area (Å²) in [5.41, 5.74) is 0. The van der Waals surface area contributed by atoms with E-state index in [0.29, 0.717) is 0 Å². The van der Waals surface area contributed by atoms with Crippen LogP contribution in [0.3, 0.4) is 0 Å². The summed E-state index contributed by atoms with van der Waals surface area (Å²) in [6.07, 6.45) is 1.15. The molecule has 1 rings (SSSR count). The van der Waals surface area contributed by atoms with E-state index in [-0.39, 0.29) is 12.5 Å². The van der Waals surface area contributed by atoms with Gasteiger partial charge in [-0.15, -0.1) is 0 Å². The Morgan fingerprint density at radius 1 is 1.53 bits per heavy atom. The summed E-state index contributed by atoms with van der Waals surface area (Å²) in [5, 5.41) is 8.21. The number of aromatic nitrogens is 1. The van der Waals surface area contributed by atoms with Crippen molar-refractivity contribution in [3.63, 3.8) is 0 Å². The Kier molecular flexibility index (Phi) is 4.96. The van der Waals surface area contributed by atoms with Gasteiger partial charge in [-0.3, -0.25) is 4.79 Å². The smallest absolute Gasteiger partial charge is 0.308 e. The summed E-state index contributed by atoms with van der Waals surface area (Å²) >= 11 is 0. The van der Waals surface area contributed by atoms with Crippen LogP contribution in [0.5, 0.6) is 0 Å². The molecule has 19 heavy (non-hydrogen) atoms. The van der Waals surface area contributed by atoms with Gasteiger partial charge in [-0.05, 0) is 18.1 Å². The van der Waals surface area contributed by atoms with E-state index in [4.69, 9.17) is 5.11 Å². The van der Waals surface area contributed by atoms with Crippen molar-refractivity contribution in [2.24, 2.45) is 11.8 Å². The number of carbonyl (C=O) groups is 1. The number of rotatable bonds is 6. The molecule has 1 heterocycles. The lowest BCUT2D eigenvalue weighted by atomic mass is 9.97. The van der Waals surface area contributed by atoms with Crippen LogP contribution in [0.15, 0.2) is 23.4 Å². The van der Waals surface area contributed by atoms with E-state index < -0.39 is 32.8 Å². The fourth-order valence-corrected chi connectivity index (χ4v) is 2.51. The molecule has 0 bridgehead atoms. The highest BCUT2D eigenvalue weighted by Crippen LogP contribution is 2.13. The zero-order valence-corrected chi connectivity index (χ0v) is 11.3. The van der Waals surface area contributed by atoms with Gasteiger partial charge in [0.1, 0.15) is 0 Å². The molecule has 0 aliphatic heterocycles. The van der Waals surface area contributed by atoms with E-state index >= 15 is 0 Å². The van der Waals surface area contributed by atoms with Gasteiger partial charge >= 0.3 is 5.97 Å². The Hall–Kier alpha value is -1.54. The van der Waals surface area contributed by atoms with E-state index in [2.05, 4.69) is 9.71 Å². The Morgan fingerprint density at radius 3 is 2.63 bits per heavy atom. The predicted octanol–water partition coefficient (Wildman–Crippen LogP) is 0.856. The van der Waals surface area contributed by atoms with Crippen molar-refractivity contribution < 1.29 is 22.7 Å². The first-order chi connectivity index (χ1) is 8.75. The second-order valence-corrected chi connectivity index (χ2v) is 6.01. The van der Waals surface area contributed by atoms with Crippen LogP contribution in [0.25, 0.3) is 0 Å². The maximum atomic E-state index is 13.3. The average Bonchev–Trinajstić information content (AvgIpc) is 2.28. The molecule has 8 heteroatoms. The summed E-state index contributed by atoms with van der Waals surface area (Å²) in [7, 11) is -4.15. The van der Waals surface area contributed by atoms with Crippen LogP contribution < -0.4 is 4.72 Å². The average molecular weight is 290 g/mol. The van der Waals surface area contributed by atoms with E-state index in [1.807, 2.05) is 0 Å². The maximum Gasteiger partial charge on any atom is 0.308 e. The number of halogens is 1. The van der Waals surface area contributed by atoms with Crippen LogP contribution >= 0.6 is 0 Å². The molecule has 0 aromatic carbocycles. The van der Waals surface area contributed by atoms with Gasteiger partial charge in [-0.1, -0.05) is 13.8 Å². The van der Waals surface area contributed by atoms with Crippen molar-refractivity contribution in [3.05, 3.63) is 24.1 Å². The Labute approximate surface area is 110 Å². The van der Waals surface area contributed by atoms with Crippen LogP contribution in [0.4, 0.5) is 4.39 Å². The molecule has 0 spiro atoms. The fourth-order valence-electron chi connectivity index (χ4n) is 1.44. The molecule has 0 radical (unpaired) electrons. The molecule has 6 nitrogen and oxygen atoms in total. The van der Waals surface area contributed by atoms with Crippen LogP contribution in [0.1, 0.15) is 13.8 Å². The van der Waals surface area contributed by atoms with Gasteiger partial charge in [0.2, 0.25) is 5.03 Å². The van der Waals surface area contributed by atoms with Gasteiger partial charge in [-0.25, -0.2) is 22.5 Å². The highest BCUT2D eigenvalue weighted by molar-refractivity contribution is 7.89. The van der Waals surface area contributed by atoms with Crippen LogP contribution in [0.2, 0.25) is 0 Å². The fraction of sp³-hybridized carbons (Fsp3) is 0.455. The van der Waals surface area contributed by atoms with Gasteiger partial charge < -0.3 is 5.11 Å². The number of nitrogens with zero attached hydrogens (tertiary/aromatic N) is 1. The van der Waals surface area contributed by atoms with E-state index in [9.17, 15) is 17.6 Å². The molecule has 1 unspecified atom stereocenters. The second-order valence-electron chi connectivity index (χ2n) is 4.33. The summed E-state index contributed by atoms with van der Waals surface area (Å²) < 4.78 is 39.0. The first-order valence-electron chi connectivity index (χ1n) is 5.58. The standard InChI is InChI=1S/C11H15FN2O4S/c1-7(2)8(11(15)16)6-14-19(17,18)10-9(12)4-3-5-13-10/h3-5,7-8,14H,6H2,1-2H3,(H,15,16). The molecular weight excluding hydrogens is 275 g/mol. The van der Waals surface area contributed by atoms with Crippen LogP contribution in [-0.4, -0.2) is 31.0 Å². The number of hydrogen-bond donors (Lipinski definition) is 2. The highest BCUT2D eigenvalue weighted by atomic mass is 32.2. The minimum absolute atomic E-state index is 0.256. The molecule has 106 valence electrons. The Bertz CT molecular complexity index is 560. The molecule has 1 aromatic heterocycles. The van der Waals surface area contributed by atoms with Crippen molar-refractivity contribution in [2.75, 3.05) is 6.54 Å². The van der Waals surface area contributed by atoms with E-state index in [0.717, 1.165) is 12.3 Å². The lowest BCUT2D eigenvalue weighted by molar-refractivity contribution is -0.142. The molecule has 2 N–H and O–H groups in total. The summed E-state index contributed by atoms with van der Waals surface area (Å²) in [6, 6.07) is 2.24. The van der Waals surface area contributed by atoms with Crippen molar-refractivity contribution >= 4 is 16.0 Å². The summed E-state index contributed by atoms with van der Waals surface area (Å²) in [4.78, 5) is 14.4. The topological polar surface area (TPSA) is 96.4 Å². The second kappa shape index (κ2) is 6.07. The van der Waals surface area contributed by atoms with Gasteiger partial charge in [0.25, 0.3) is 10.0 Å². The number of hydrogen-bond acceptors (Lipinski definition) is 4. The van der Waals surface area contributed by atoms with Crippen molar-refractivity contribution in [1.82, 2.24) is 9.71 Å². The number of carboxylic acid groups (broad SMARTS) is 1. The molecular formula is C11H15FN2O4S. The van der Waals surface area contributed by atoms with Crippen molar-refractivity contribution in [2.45, 2.75) is 18.9 Å². The third kappa shape index (κ3) is 3.97. The monoisotopic (exact) mass is 290 g/mol. The first kappa shape index (κ1) is 15.5. The molecule has 0 saturated carbocycles. The predicted molar refractivity (Wildman–Crippen MR) is 65.3 cm³/mol. The molecule has 0 amide bonds. The molecule has 0 fully saturated rings. The lowest BCUT2D eigenvalue weighted by Gasteiger charge is -2.16. The van der Waals surface area contributed by atoms with Gasteiger partial charge in [0.15, 0.2) is 5.82 Å². The Morgan fingerprint density at radius 2 is 2.16 bits per heavy atom. The molecule has 1 atom stereocenters. The van der Waals surface area contributed by atoms with E-state index in [1.54, 1.807) is 13.8 Å². The van der Waals surface area contributed by atoms with Gasteiger partial charge in [0.05, 0.1) is 5.92 Å². The van der Waals surface area contributed by atoms with Crippen LogP contribution in [0, 0.1) is 17.7 Å². The third-order valence-electron chi connectivity index (χ3n) is 2.59. The minimum Gasteiger partial charge on any atom is -0.481 e. The number of nitrogens with one attached hydrogen (secondary N) is 1. The van der Waals surface area contributed by atoms with Gasteiger partial charge in [-0.2, -0.15) is 0 Å². The minimum atomic E-state index is -4.15. The van der Waals surface area contributed by atoms with Gasteiger partial charge in [0, 0.05) is 12.7 Å². The zero-order valence-electron chi connectivity index (χ0n) is 10.5. The third-order valence-corrected chi connectivity index (χ3v) is 3.95. The SMILES string of the molecule is CC(C)C(CNS(=O)(=O)c1ncccc1F)C(=O)O. The molecule has 0 aliphatic carbocycles. The number of aliphatic carboxylic acids is 1. The number of carboxylic acids is 1. The maximum absolute atomic E-state index is 13.3. The lowest BCUT2D eigenvalue weighted by Crippen LogP contribution is -2.36. The largest absolute Gasteiger partial charge is 0.481 e. The first-order valence-corrected chi connectivity index (χ1v) is 7.07. The molecule has 0 saturated heterocycles. The summed E-state index contributed by atoms with van der Waals surface area (Å²) in [6.45, 7) is 3.01. The van der Waals surface area contributed by atoms with Crippen LogP contribution in [-0.2, 0) is 14.8 Å². The zero-order chi connectivity index (χ0) is 14.6. The molecule has 0 aliphatic rings. The number of sulfonamides is 1. The summed E-state index contributed by atoms with van der Waals surface area (Å²) in [5.74, 6) is -3.24. The highest BCUT2D eigenvalue weighted by Gasteiger charge is 2.26. The normalized spacial score (nSPS) is 13.5. The quantitative estimate of drug-likeness (QED) is 0.810. The van der Waals surface area contributed by atoms with E-state index in [1.165, 1.54) is 6.07 Å². The van der Waals surface area contributed by atoms with Crippen molar-refractivity contribution in [3.8, 4) is 0 Å². The number of pyridine rings is 1.